The summed E-state index contributed by atoms with van der Waals surface area (Å²) in [5.74, 6) is 0. The summed E-state index contributed by atoms with van der Waals surface area (Å²) in [5, 5.41) is 5.46. The van der Waals surface area contributed by atoms with E-state index in [1.54, 1.807) is 0 Å². The average molecular weight is 490 g/mol. The van der Waals surface area contributed by atoms with Gasteiger partial charge in [-0.1, -0.05) is 94.8 Å². The van der Waals surface area contributed by atoms with Gasteiger partial charge in [-0.2, -0.15) is 0 Å². The molecule has 0 amide bonds. The number of benzene rings is 4. The smallest absolute Gasteiger partial charge is 0.0550 e. The lowest BCUT2D eigenvalue weighted by Crippen LogP contribution is -2.00. The van der Waals surface area contributed by atoms with E-state index in [0.29, 0.717) is 0 Å². The third-order valence-electron chi connectivity index (χ3n) is 8.07. The molecule has 0 aliphatic rings. The van der Waals surface area contributed by atoms with E-state index in [1.807, 2.05) is 0 Å². The van der Waals surface area contributed by atoms with Crippen molar-refractivity contribution in [2.24, 2.45) is 0 Å². The minimum atomic E-state index is 1.17. The highest BCUT2D eigenvalue weighted by atomic mass is 15.0. The van der Waals surface area contributed by atoms with Crippen molar-refractivity contribution in [3.8, 4) is 5.69 Å². The van der Waals surface area contributed by atoms with Crippen molar-refractivity contribution >= 4 is 32.6 Å². The summed E-state index contributed by atoms with van der Waals surface area (Å²) in [5.41, 5.74) is 9.65. The van der Waals surface area contributed by atoms with E-state index >= 15 is 0 Å². The number of aromatic nitrogens is 1. The molecule has 0 N–H and O–H groups in total. The second-order valence-electron chi connectivity index (χ2n) is 11.1. The molecule has 1 nitrogen and oxygen atoms in total. The first-order valence-electron chi connectivity index (χ1n) is 14.7. The van der Waals surface area contributed by atoms with E-state index in [4.69, 9.17) is 0 Å². The van der Waals surface area contributed by atoms with Gasteiger partial charge in [0.05, 0.1) is 11.0 Å². The van der Waals surface area contributed by atoms with Crippen LogP contribution in [-0.2, 0) is 12.8 Å². The van der Waals surface area contributed by atoms with E-state index in [1.165, 1.54) is 125 Å². The molecule has 192 valence electrons. The molecule has 1 aromatic heterocycles. The SMILES string of the molecule is CCCCCCc1cc(CCCCCC)cc(-n2c3cc(C)ccc3c3c4ccccc4c(C)cc32)c1. The average Bonchev–Trinajstić information content (AvgIpc) is 3.22. The van der Waals surface area contributed by atoms with Crippen LogP contribution in [0.4, 0.5) is 0 Å². The van der Waals surface area contributed by atoms with Crippen LogP contribution >= 0.6 is 0 Å². The largest absolute Gasteiger partial charge is 0.309 e. The number of nitrogens with zero attached hydrogens (tertiary/aromatic N) is 1. The van der Waals surface area contributed by atoms with E-state index < -0.39 is 0 Å². The van der Waals surface area contributed by atoms with Gasteiger partial charge in [0.15, 0.2) is 0 Å². The Morgan fingerprint density at radius 1 is 0.568 bits per heavy atom. The molecule has 5 rings (SSSR count). The molecule has 5 aromatic rings. The summed E-state index contributed by atoms with van der Waals surface area (Å²) in [6.45, 7) is 9.07. The summed E-state index contributed by atoms with van der Waals surface area (Å²) in [6.07, 6.45) is 12.8. The predicted molar refractivity (Wildman–Crippen MR) is 163 cm³/mol. The van der Waals surface area contributed by atoms with Gasteiger partial charge < -0.3 is 4.57 Å². The second kappa shape index (κ2) is 11.5. The number of fused-ring (bicyclic) bond motifs is 5. The Balaban J connectivity index is 1.71. The molecule has 0 aliphatic heterocycles. The Labute approximate surface area is 223 Å². The summed E-state index contributed by atoms with van der Waals surface area (Å²) in [7, 11) is 0. The number of unbranched alkanes of at least 4 members (excludes halogenated alkanes) is 6. The van der Waals surface area contributed by atoms with Crippen molar-refractivity contribution in [1.82, 2.24) is 4.57 Å². The van der Waals surface area contributed by atoms with Crippen molar-refractivity contribution in [3.63, 3.8) is 0 Å². The fraction of sp³-hybridized carbons (Fsp3) is 0.389. The van der Waals surface area contributed by atoms with Crippen LogP contribution in [0.15, 0.2) is 66.7 Å². The zero-order valence-corrected chi connectivity index (χ0v) is 23.4. The number of hydrogen-bond acceptors (Lipinski definition) is 0. The van der Waals surface area contributed by atoms with Crippen molar-refractivity contribution < 1.29 is 0 Å². The third-order valence-corrected chi connectivity index (χ3v) is 8.07. The summed E-state index contributed by atoms with van der Waals surface area (Å²) in [6, 6.07) is 25.8. The molecule has 37 heavy (non-hydrogen) atoms. The lowest BCUT2D eigenvalue weighted by atomic mass is 9.99. The third kappa shape index (κ3) is 5.33. The van der Waals surface area contributed by atoms with Gasteiger partial charge in [0.25, 0.3) is 0 Å². The molecule has 0 saturated heterocycles. The van der Waals surface area contributed by atoms with Crippen LogP contribution in [-0.4, -0.2) is 4.57 Å². The van der Waals surface area contributed by atoms with Gasteiger partial charge >= 0.3 is 0 Å². The molecule has 0 atom stereocenters. The van der Waals surface area contributed by atoms with Gasteiger partial charge in [-0.3, -0.25) is 0 Å². The fourth-order valence-electron chi connectivity index (χ4n) is 6.12. The zero-order chi connectivity index (χ0) is 25.8. The molecule has 1 heterocycles. The molecule has 1 heteroatoms. The fourth-order valence-corrected chi connectivity index (χ4v) is 6.12. The normalized spacial score (nSPS) is 11.8. The molecule has 0 spiro atoms. The highest BCUT2D eigenvalue weighted by Gasteiger charge is 2.17. The van der Waals surface area contributed by atoms with Crippen LogP contribution in [0.1, 0.15) is 87.5 Å². The molecule has 0 radical (unpaired) electrons. The van der Waals surface area contributed by atoms with Gasteiger partial charge in [-0.05, 0) is 96.8 Å². The molecular weight excluding hydrogens is 446 g/mol. The second-order valence-corrected chi connectivity index (χ2v) is 11.1. The van der Waals surface area contributed by atoms with Crippen LogP contribution in [0.3, 0.4) is 0 Å². The maximum Gasteiger partial charge on any atom is 0.0550 e. The van der Waals surface area contributed by atoms with E-state index in [-0.39, 0.29) is 0 Å². The summed E-state index contributed by atoms with van der Waals surface area (Å²) < 4.78 is 2.56. The van der Waals surface area contributed by atoms with Gasteiger partial charge in [-0.25, -0.2) is 0 Å². The Bertz CT molecular complexity index is 1490. The molecule has 0 bridgehead atoms. The minimum absolute atomic E-state index is 1.17. The quantitative estimate of drug-likeness (QED) is 0.163. The lowest BCUT2D eigenvalue weighted by molar-refractivity contribution is 0.661. The number of hydrogen-bond donors (Lipinski definition) is 0. The van der Waals surface area contributed by atoms with Crippen LogP contribution in [0.25, 0.3) is 38.3 Å². The number of rotatable bonds is 11. The molecule has 4 aromatic carbocycles. The van der Waals surface area contributed by atoms with E-state index in [9.17, 15) is 0 Å². The first-order chi connectivity index (χ1) is 18.1. The molecule has 0 unspecified atom stereocenters. The van der Waals surface area contributed by atoms with Gasteiger partial charge in [0.1, 0.15) is 0 Å². The first-order valence-corrected chi connectivity index (χ1v) is 14.7. The number of aryl methyl sites for hydroxylation is 4. The van der Waals surface area contributed by atoms with Gasteiger partial charge in [0, 0.05) is 16.5 Å². The zero-order valence-electron chi connectivity index (χ0n) is 23.4. The van der Waals surface area contributed by atoms with Gasteiger partial charge in [-0.15, -0.1) is 0 Å². The van der Waals surface area contributed by atoms with Gasteiger partial charge in [0.2, 0.25) is 0 Å². The minimum Gasteiger partial charge on any atom is -0.309 e. The van der Waals surface area contributed by atoms with E-state index in [2.05, 4.69) is 99.0 Å². The van der Waals surface area contributed by atoms with Crippen molar-refractivity contribution in [1.29, 1.82) is 0 Å². The monoisotopic (exact) mass is 489 g/mol. The molecular formula is C36H43N. The van der Waals surface area contributed by atoms with Crippen LogP contribution in [0.2, 0.25) is 0 Å². The Morgan fingerprint density at radius 3 is 1.86 bits per heavy atom. The summed E-state index contributed by atoms with van der Waals surface area (Å²) >= 11 is 0. The maximum absolute atomic E-state index is 2.56. The molecule has 0 saturated carbocycles. The van der Waals surface area contributed by atoms with E-state index in [0.717, 1.165) is 0 Å². The first kappa shape index (κ1) is 25.6. The predicted octanol–water partition coefficient (Wildman–Crippen LogP) is 10.8. The van der Waals surface area contributed by atoms with Crippen LogP contribution < -0.4 is 0 Å². The van der Waals surface area contributed by atoms with Crippen molar-refractivity contribution in [2.45, 2.75) is 91.9 Å². The molecule has 0 aliphatic carbocycles. The highest BCUT2D eigenvalue weighted by molar-refractivity contribution is 6.22. The molecule has 0 fully saturated rings. The Morgan fingerprint density at radius 2 is 1.22 bits per heavy atom. The van der Waals surface area contributed by atoms with Crippen LogP contribution in [0, 0.1) is 13.8 Å². The topological polar surface area (TPSA) is 4.93 Å². The highest BCUT2D eigenvalue weighted by Crippen LogP contribution is 2.39. The van der Waals surface area contributed by atoms with Crippen molar-refractivity contribution in [2.75, 3.05) is 0 Å². The summed E-state index contributed by atoms with van der Waals surface area (Å²) in [4.78, 5) is 0. The Hall–Kier alpha value is -3.06. The standard InChI is InChI=1S/C36H43N/c1-5-7-9-11-15-28-23-29(16-12-10-8-6-2)25-30(24-28)37-34-21-26(3)19-20-33(34)36-32-18-14-13-17-31(32)27(4)22-35(36)37/h13-14,17-25H,5-12,15-16H2,1-4H3. The maximum atomic E-state index is 2.56. The lowest BCUT2D eigenvalue weighted by Gasteiger charge is -2.14. The van der Waals surface area contributed by atoms with Crippen molar-refractivity contribution in [3.05, 3.63) is 89.0 Å². The van der Waals surface area contributed by atoms with Crippen LogP contribution in [0.5, 0.6) is 0 Å². The Kier molecular flexibility index (Phi) is 7.99.